The number of hydrogen-bond acceptors (Lipinski definition) is 12. The Balaban J connectivity index is -0.000000227. The Morgan fingerprint density at radius 3 is 0.426 bits per heavy atom. The molecule has 0 rings (SSSR count). The average Bonchev–Trinajstić information content (AvgIpc) is 3.19. The van der Waals surface area contributed by atoms with Crippen LogP contribution in [0.1, 0.15) is 209 Å². The van der Waals surface area contributed by atoms with E-state index in [0.29, 0.717) is 32.8 Å². The predicted octanol–water partition coefficient (Wildman–Crippen LogP) is 13.9. The molecule has 4 nitrogen and oxygen atoms in total. The van der Waals surface area contributed by atoms with Gasteiger partial charge in [0, 0.05) is 17.3 Å². The van der Waals surface area contributed by atoms with Crippen molar-refractivity contribution in [3.05, 3.63) is 0 Å². The van der Waals surface area contributed by atoms with E-state index in [1.807, 2.05) is 0 Å². The van der Waals surface area contributed by atoms with Crippen molar-refractivity contribution in [1.82, 2.24) is 0 Å². The molecule has 61 heavy (non-hydrogen) atoms. The normalized spacial score (nSPS) is 11.5. The van der Waals surface area contributed by atoms with Crippen LogP contribution in [0.2, 0.25) is 0 Å². The first-order chi connectivity index (χ1) is 28.3. The van der Waals surface area contributed by atoms with E-state index in [1.54, 1.807) is 0 Å². The van der Waals surface area contributed by atoms with E-state index in [9.17, 15) is 0 Å². The molecule has 0 N–H and O–H groups in total. The van der Waals surface area contributed by atoms with Crippen LogP contribution >= 0.6 is 48.9 Å². The van der Waals surface area contributed by atoms with Crippen LogP contribution in [0.3, 0.4) is 0 Å². The van der Waals surface area contributed by atoms with Crippen molar-refractivity contribution in [2.45, 2.75) is 209 Å². The molecule has 0 spiro atoms. The van der Waals surface area contributed by atoms with Gasteiger partial charge in [0.05, 0.1) is 52.4 Å². The third kappa shape index (κ3) is 41.8. The SMILES string of the molecule is CCCCC[N+]([S-])(CCCCC)C(=S)[S-].CCCCC[N+]([S-])(CCCCC)C(=S)[S-].CCCCC[N+]([S-])(CCCCC)C(=S)[S-].CCCCC[N+]([S-])(CCCCC)C(=S)[S-].[Mo+4]. The molecule has 0 aliphatic heterocycles. The molecular weight excluding hydrogens is 1070 g/mol. The smallest absolute Gasteiger partial charge is 0.489 e. The second-order valence-corrected chi connectivity index (χ2v) is 23.0. The molecule has 0 aromatic carbocycles. The van der Waals surface area contributed by atoms with Crippen molar-refractivity contribution in [3.8, 4) is 0 Å². The van der Waals surface area contributed by atoms with Gasteiger partial charge in [0.2, 0.25) is 0 Å². The predicted molar refractivity (Wildman–Crippen MR) is 305 cm³/mol. The summed E-state index contributed by atoms with van der Waals surface area (Å²) in [5.74, 6) is 0. The summed E-state index contributed by atoms with van der Waals surface area (Å²) in [6.45, 7) is 25.1. The molecule has 0 bridgehead atoms. The Labute approximate surface area is 461 Å². The number of nitrogens with zero attached hydrogens (tertiary/aromatic N) is 4. The first kappa shape index (κ1) is 73.1. The zero-order valence-electron chi connectivity index (χ0n) is 39.7. The summed E-state index contributed by atoms with van der Waals surface area (Å²) in [7, 11) is 0. The fraction of sp³-hybridized carbons (Fsp3) is 0.909. The Bertz CT molecular complexity index is 858. The van der Waals surface area contributed by atoms with E-state index in [1.165, 1.54) is 103 Å². The zero-order valence-corrected chi connectivity index (χ0v) is 51.5. The van der Waals surface area contributed by atoms with Gasteiger partial charge in [0.15, 0.2) is 0 Å². The van der Waals surface area contributed by atoms with E-state index in [4.69, 9.17) is 151 Å². The number of quaternary nitrogens is 4. The number of thiocarbonyl (C=S) groups is 4. The van der Waals surface area contributed by atoms with Gasteiger partial charge in [0.1, 0.15) is 0 Å². The van der Waals surface area contributed by atoms with E-state index in [2.05, 4.69) is 55.4 Å². The summed E-state index contributed by atoms with van der Waals surface area (Å²) in [5, 5.41) is 0. The second kappa shape index (κ2) is 48.2. The maximum Gasteiger partial charge on any atom is 4.00 e. The van der Waals surface area contributed by atoms with E-state index >= 15 is 0 Å². The molecule has 0 amide bonds. The van der Waals surface area contributed by atoms with E-state index in [-0.39, 0.29) is 21.1 Å². The summed E-state index contributed by atoms with van der Waals surface area (Å²) in [6.07, 6.45) is 28.7. The molecule has 0 unspecified atom stereocenters. The van der Waals surface area contributed by atoms with Gasteiger partial charge < -0.3 is 166 Å². The van der Waals surface area contributed by atoms with Gasteiger partial charge in [-0.05, 0) is 103 Å². The number of hydrogen-bond donors (Lipinski definition) is 0. The Morgan fingerprint density at radius 1 is 0.262 bits per heavy atom. The topological polar surface area (TPSA) is 0 Å². The van der Waals surface area contributed by atoms with Crippen LogP contribution in [0.15, 0.2) is 0 Å². The summed E-state index contributed by atoms with van der Waals surface area (Å²) >= 11 is 63.1. The van der Waals surface area contributed by atoms with Crippen molar-refractivity contribution in [2.24, 2.45) is 0 Å². The summed E-state index contributed by atoms with van der Waals surface area (Å²) in [4.78, 5) is 0. The molecular formula is C44H88MoN4S12. The first-order valence-electron chi connectivity index (χ1n) is 23.4. The largest absolute Gasteiger partial charge is 4.00 e. The van der Waals surface area contributed by atoms with Crippen molar-refractivity contribution in [2.75, 3.05) is 52.4 Å². The Kier molecular flexibility index (Phi) is 57.8. The van der Waals surface area contributed by atoms with Crippen LogP contribution < -0.4 is 0 Å². The van der Waals surface area contributed by atoms with Crippen LogP contribution in [0.25, 0.3) is 0 Å². The molecule has 0 fully saturated rings. The Hall–Kier alpha value is 3.17. The zero-order chi connectivity index (χ0) is 46.9. The third-order valence-electron chi connectivity index (χ3n) is 10.3. The minimum atomic E-state index is 0. The van der Waals surface area contributed by atoms with E-state index in [0.717, 1.165) is 104 Å². The van der Waals surface area contributed by atoms with E-state index < -0.39 is 0 Å². The van der Waals surface area contributed by atoms with Crippen molar-refractivity contribution >= 4 is 168 Å². The standard InChI is InChI=1S/4C11H23NS3.Mo/c4*1-3-5-7-9-12(15,11(13)14)10-8-6-4-2;/h4*3-10H2,1-2H3,(H,13,14);/q;;;;+4/p-4. The van der Waals surface area contributed by atoms with Gasteiger partial charge >= 0.3 is 21.1 Å². The molecule has 0 heterocycles. The molecule has 0 aliphatic rings. The van der Waals surface area contributed by atoms with Crippen molar-refractivity contribution in [1.29, 1.82) is 0 Å². The molecule has 17 heteroatoms. The van der Waals surface area contributed by atoms with Gasteiger partial charge in [0.25, 0.3) is 0 Å². The molecule has 0 aromatic rings. The van der Waals surface area contributed by atoms with Crippen LogP contribution in [0.5, 0.6) is 0 Å². The maximum absolute atomic E-state index is 5.54. The molecule has 0 saturated heterocycles. The molecule has 0 radical (unpaired) electrons. The van der Waals surface area contributed by atoms with Gasteiger partial charge in [-0.1, -0.05) is 107 Å². The van der Waals surface area contributed by atoms with Crippen molar-refractivity contribution in [3.63, 3.8) is 0 Å². The van der Waals surface area contributed by atoms with Crippen LogP contribution in [0.4, 0.5) is 0 Å². The first-order valence-corrected chi connectivity index (χ1v) is 28.2. The van der Waals surface area contributed by atoms with Crippen LogP contribution in [-0.2, 0) is 123 Å². The quantitative estimate of drug-likeness (QED) is 0.0207. The molecule has 362 valence electrons. The minimum Gasteiger partial charge on any atom is -0.489 e. The molecule has 0 atom stereocenters. The molecule has 0 aliphatic carbocycles. The molecule has 0 saturated carbocycles. The Morgan fingerprint density at radius 2 is 0.361 bits per heavy atom. The fourth-order valence-electron chi connectivity index (χ4n) is 6.12. The summed E-state index contributed by atoms with van der Waals surface area (Å²) in [5.41, 5.74) is 0. The minimum absolute atomic E-state index is 0. The van der Waals surface area contributed by atoms with Crippen LogP contribution in [-0.4, -0.2) is 85.2 Å². The van der Waals surface area contributed by atoms with Crippen molar-refractivity contribution < 1.29 is 36.6 Å². The summed E-state index contributed by atoms with van der Waals surface area (Å²) < 4.78 is 3.84. The number of unbranched alkanes of at least 4 members (excludes halogenated alkanes) is 16. The fourth-order valence-corrected chi connectivity index (χ4v) is 8.61. The molecule has 0 aromatic heterocycles. The summed E-state index contributed by atoms with van der Waals surface area (Å²) in [6, 6.07) is 0. The maximum atomic E-state index is 5.54. The van der Waals surface area contributed by atoms with Gasteiger partial charge in [-0.25, -0.2) is 0 Å². The monoisotopic (exact) mass is 1150 g/mol. The van der Waals surface area contributed by atoms with Gasteiger partial charge in [-0.2, -0.15) is 0 Å². The second-order valence-electron chi connectivity index (χ2n) is 16.1. The average molecular weight is 1150 g/mol. The van der Waals surface area contributed by atoms with Crippen LogP contribution in [0, 0.1) is 0 Å². The number of rotatable bonds is 32. The van der Waals surface area contributed by atoms with Gasteiger partial charge in [-0.3, -0.25) is 0 Å². The third-order valence-corrected chi connectivity index (χ3v) is 16.2. The van der Waals surface area contributed by atoms with Gasteiger partial charge in [-0.15, -0.1) is 0 Å².